The largest absolute Gasteiger partial charge is 0.355 e. The summed E-state index contributed by atoms with van der Waals surface area (Å²) in [5.74, 6) is 2.88. The van der Waals surface area contributed by atoms with Gasteiger partial charge in [0.1, 0.15) is 5.82 Å². The first kappa shape index (κ1) is 11.9. The number of rotatable bonds is 4. The van der Waals surface area contributed by atoms with E-state index in [1.165, 1.54) is 32.4 Å². The van der Waals surface area contributed by atoms with Crippen molar-refractivity contribution >= 4 is 5.82 Å². The number of anilines is 1. The lowest BCUT2D eigenvalue weighted by atomic mass is 10.0. The van der Waals surface area contributed by atoms with Gasteiger partial charge in [0.15, 0.2) is 0 Å². The normalized spacial score (nSPS) is 26.6. The topological polar surface area (TPSA) is 41.1 Å². The minimum absolute atomic E-state index is 0.817. The van der Waals surface area contributed by atoms with Crippen molar-refractivity contribution in [2.45, 2.75) is 32.7 Å². The van der Waals surface area contributed by atoms with Crippen LogP contribution in [0.25, 0.3) is 0 Å². The van der Waals surface area contributed by atoms with Gasteiger partial charge in [0.2, 0.25) is 0 Å². The molecule has 0 spiro atoms. The van der Waals surface area contributed by atoms with E-state index in [9.17, 15) is 0 Å². The van der Waals surface area contributed by atoms with Crippen molar-refractivity contribution in [1.82, 2.24) is 15.3 Å². The molecule has 1 aromatic heterocycles. The van der Waals surface area contributed by atoms with E-state index in [-0.39, 0.29) is 0 Å². The summed E-state index contributed by atoms with van der Waals surface area (Å²) in [5, 5.41) is 3.30. The van der Waals surface area contributed by atoms with Crippen LogP contribution in [0.15, 0.2) is 12.4 Å². The van der Waals surface area contributed by atoms with Crippen LogP contribution in [0.4, 0.5) is 5.82 Å². The average molecular weight is 246 g/mol. The Morgan fingerprint density at radius 1 is 1.28 bits per heavy atom. The third-order valence-electron chi connectivity index (χ3n) is 4.28. The van der Waals surface area contributed by atoms with Crippen LogP contribution < -0.4 is 10.2 Å². The summed E-state index contributed by atoms with van der Waals surface area (Å²) in [6.07, 6.45) is 8.02. The molecular formula is C14H22N4. The predicted octanol–water partition coefficient (Wildman–Crippen LogP) is 1.82. The van der Waals surface area contributed by atoms with E-state index in [2.05, 4.69) is 22.1 Å². The summed E-state index contributed by atoms with van der Waals surface area (Å²) in [6.45, 7) is 6.27. The van der Waals surface area contributed by atoms with Gasteiger partial charge < -0.3 is 10.2 Å². The quantitative estimate of drug-likeness (QED) is 0.880. The zero-order valence-electron chi connectivity index (χ0n) is 11.1. The van der Waals surface area contributed by atoms with Crippen LogP contribution in [0.5, 0.6) is 0 Å². The first-order valence-electron chi connectivity index (χ1n) is 7.13. The summed E-state index contributed by atoms with van der Waals surface area (Å²) in [5.41, 5.74) is 1.05. The van der Waals surface area contributed by atoms with Gasteiger partial charge in [0.05, 0.1) is 11.9 Å². The molecule has 98 valence electrons. The summed E-state index contributed by atoms with van der Waals surface area (Å²) in [4.78, 5) is 11.5. The molecule has 1 saturated heterocycles. The molecule has 2 heterocycles. The summed E-state index contributed by atoms with van der Waals surface area (Å²) < 4.78 is 0. The monoisotopic (exact) mass is 246 g/mol. The highest BCUT2D eigenvalue weighted by atomic mass is 15.2. The van der Waals surface area contributed by atoms with Crippen LogP contribution >= 0.6 is 0 Å². The van der Waals surface area contributed by atoms with Crippen molar-refractivity contribution in [2.24, 2.45) is 11.8 Å². The third kappa shape index (κ3) is 2.34. The van der Waals surface area contributed by atoms with Gasteiger partial charge in [0, 0.05) is 25.8 Å². The van der Waals surface area contributed by atoms with Crippen LogP contribution in [0, 0.1) is 11.8 Å². The summed E-state index contributed by atoms with van der Waals surface area (Å²) >= 11 is 0. The molecule has 3 rings (SSSR count). The van der Waals surface area contributed by atoms with Crippen molar-refractivity contribution < 1.29 is 0 Å². The minimum Gasteiger partial charge on any atom is -0.355 e. The molecular weight excluding hydrogens is 224 g/mol. The molecule has 0 bridgehead atoms. The fourth-order valence-electron chi connectivity index (χ4n) is 3.31. The van der Waals surface area contributed by atoms with Gasteiger partial charge in [-0.05, 0) is 31.2 Å². The molecule has 0 radical (unpaired) electrons. The zero-order valence-corrected chi connectivity index (χ0v) is 11.1. The van der Waals surface area contributed by atoms with E-state index >= 15 is 0 Å². The van der Waals surface area contributed by atoms with Crippen LogP contribution in [-0.2, 0) is 6.54 Å². The van der Waals surface area contributed by atoms with Crippen molar-refractivity contribution in [3.63, 3.8) is 0 Å². The number of nitrogens with zero attached hydrogens (tertiary/aromatic N) is 3. The fourth-order valence-corrected chi connectivity index (χ4v) is 3.31. The molecule has 0 aromatic carbocycles. The van der Waals surface area contributed by atoms with E-state index in [1.807, 2.05) is 12.4 Å². The number of hydrogen-bond donors (Lipinski definition) is 1. The smallest absolute Gasteiger partial charge is 0.147 e. The maximum atomic E-state index is 4.72. The molecule has 1 aliphatic carbocycles. The van der Waals surface area contributed by atoms with Gasteiger partial charge in [-0.1, -0.05) is 13.3 Å². The lowest BCUT2D eigenvalue weighted by Gasteiger charge is -2.18. The first-order chi connectivity index (χ1) is 8.86. The lowest BCUT2D eigenvalue weighted by molar-refractivity contribution is 0.494. The van der Waals surface area contributed by atoms with E-state index in [1.54, 1.807) is 0 Å². The van der Waals surface area contributed by atoms with Gasteiger partial charge >= 0.3 is 0 Å². The van der Waals surface area contributed by atoms with Crippen LogP contribution in [0.3, 0.4) is 0 Å². The molecule has 0 amide bonds. The van der Waals surface area contributed by atoms with Crippen molar-refractivity contribution in [2.75, 3.05) is 24.5 Å². The van der Waals surface area contributed by atoms with Crippen molar-refractivity contribution in [1.29, 1.82) is 0 Å². The number of aromatic nitrogens is 2. The Kier molecular flexibility index (Phi) is 3.46. The van der Waals surface area contributed by atoms with Crippen LogP contribution in [-0.4, -0.2) is 29.6 Å². The second kappa shape index (κ2) is 5.22. The lowest BCUT2D eigenvalue weighted by Crippen LogP contribution is -2.23. The Morgan fingerprint density at radius 2 is 2.06 bits per heavy atom. The molecule has 1 saturated carbocycles. The highest BCUT2D eigenvalue weighted by Gasteiger charge is 2.36. The van der Waals surface area contributed by atoms with Crippen molar-refractivity contribution in [3.8, 4) is 0 Å². The molecule has 1 N–H and O–H groups in total. The molecule has 4 nitrogen and oxygen atoms in total. The number of nitrogens with one attached hydrogen (secondary N) is 1. The Labute approximate surface area is 109 Å². The molecule has 2 unspecified atom stereocenters. The Balaban J connectivity index is 1.69. The highest BCUT2D eigenvalue weighted by molar-refractivity contribution is 5.38. The zero-order chi connectivity index (χ0) is 12.4. The maximum Gasteiger partial charge on any atom is 0.147 e. The van der Waals surface area contributed by atoms with E-state index in [4.69, 9.17) is 4.98 Å². The summed E-state index contributed by atoms with van der Waals surface area (Å²) in [7, 11) is 0. The van der Waals surface area contributed by atoms with Gasteiger partial charge in [-0.2, -0.15) is 0 Å². The van der Waals surface area contributed by atoms with E-state index < -0.39 is 0 Å². The van der Waals surface area contributed by atoms with Gasteiger partial charge in [-0.15, -0.1) is 0 Å². The molecule has 1 aliphatic heterocycles. The second-order valence-electron chi connectivity index (χ2n) is 5.50. The number of hydrogen-bond acceptors (Lipinski definition) is 4. The van der Waals surface area contributed by atoms with Crippen LogP contribution in [0.2, 0.25) is 0 Å². The minimum atomic E-state index is 0.817. The Bertz CT molecular complexity index is 395. The standard InChI is InChI=1S/C14H22N4/c1-2-15-6-13-7-16-8-14(17-13)18-9-11-4-3-5-12(11)10-18/h7-8,11-12,15H,2-6,9-10H2,1H3. The average Bonchev–Trinajstić information content (AvgIpc) is 2.97. The van der Waals surface area contributed by atoms with Gasteiger partial charge in [0.25, 0.3) is 0 Å². The molecule has 4 heteroatoms. The van der Waals surface area contributed by atoms with Crippen molar-refractivity contribution in [3.05, 3.63) is 18.1 Å². The molecule has 2 aliphatic rings. The fraction of sp³-hybridized carbons (Fsp3) is 0.714. The van der Waals surface area contributed by atoms with E-state index in [0.717, 1.165) is 36.4 Å². The Hall–Kier alpha value is -1.16. The van der Waals surface area contributed by atoms with Gasteiger partial charge in [-0.25, -0.2) is 4.98 Å². The highest BCUT2D eigenvalue weighted by Crippen LogP contribution is 2.38. The first-order valence-corrected chi connectivity index (χ1v) is 7.13. The maximum absolute atomic E-state index is 4.72. The van der Waals surface area contributed by atoms with E-state index in [0.29, 0.717) is 0 Å². The molecule has 18 heavy (non-hydrogen) atoms. The SMILES string of the molecule is CCNCc1cncc(N2CC3CCCC3C2)n1. The molecule has 2 atom stereocenters. The van der Waals surface area contributed by atoms with Gasteiger partial charge in [-0.3, -0.25) is 4.98 Å². The number of fused-ring (bicyclic) bond motifs is 1. The molecule has 1 aromatic rings. The second-order valence-corrected chi connectivity index (χ2v) is 5.50. The third-order valence-corrected chi connectivity index (χ3v) is 4.28. The Morgan fingerprint density at radius 3 is 2.78 bits per heavy atom. The summed E-state index contributed by atoms with van der Waals surface area (Å²) in [6, 6.07) is 0. The molecule has 2 fully saturated rings. The van der Waals surface area contributed by atoms with Crippen LogP contribution in [0.1, 0.15) is 31.9 Å². The predicted molar refractivity (Wildman–Crippen MR) is 72.5 cm³/mol.